The quantitative estimate of drug-likeness (QED) is 0.820. The van der Waals surface area contributed by atoms with Crippen LogP contribution in [0.2, 0.25) is 0 Å². The van der Waals surface area contributed by atoms with Crippen molar-refractivity contribution in [3.63, 3.8) is 0 Å². The molecule has 1 N–H and O–H groups in total. The monoisotopic (exact) mass is 293 g/mol. The van der Waals surface area contributed by atoms with Gasteiger partial charge in [0.1, 0.15) is 5.82 Å². The molecule has 0 heterocycles. The van der Waals surface area contributed by atoms with E-state index < -0.39 is 15.8 Å². The zero-order chi connectivity index (χ0) is 13.8. The van der Waals surface area contributed by atoms with Crippen molar-refractivity contribution < 1.29 is 12.8 Å². The van der Waals surface area contributed by atoms with Crippen LogP contribution in [0.3, 0.4) is 0 Å². The Morgan fingerprint density at radius 1 is 1.44 bits per heavy atom. The van der Waals surface area contributed by atoms with Gasteiger partial charge in [0.2, 0.25) is 10.0 Å². The number of sulfonamides is 1. The molecule has 0 aromatic heterocycles. The highest BCUT2D eigenvalue weighted by molar-refractivity contribution is 7.89. The summed E-state index contributed by atoms with van der Waals surface area (Å²) in [6.07, 6.45) is 1.64. The van der Waals surface area contributed by atoms with Crippen molar-refractivity contribution in [3.05, 3.63) is 29.6 Å². The number of halogens is 2. The lowest BCUT2D eigenvalue weighted by Crippen LogP contribution is -2.30. The maximum absolute atomic E-state index is 12.9. The van der Waals surface area contributed by atoms with Gasteiger partial charge in [-0.3, -0.25) is 0 Å². The van der Waals surface area contributed by atoms with Crippen molar-refractivity contribution in [1.82, 2.24) is 4.72 Å². The minimum atomic E-state index is -3.62. The number of hydrogen-bond acceptors (Lipinski definition) is 2. The predicted octanol–water partition coefficient (Wildman–Crippen LogP) is 2.82. The SMILES string of the molecule is CCCC(Cl)CNS(=O)(=O)c1ccc(F)cc1C. The highest BCUT2D eigenvalue weighted by atomic mass is 35.5. The van der Waals surface area contributed by atoms with E-state index in [1.54, 1.807) is 6.92 Å². The molecule has 0 amide bonds. The molecular weight excluding hydrogens is 277 g/mol. The first-order valence-electron chi connectivity index (χ1n) is 5.76. The fourth-order valence-electron chi connectivity index (χ4n) is 1.61. The van der Waals surface area contributed by atoms with Crippen LogP contribution in [0.25, 0.3) is 0 Å². The second-order valence-electron chi connectivity index (χ2n) is 4.15. The lowest BCUT2D eigenvalue weighted by atomic mass is 10.2. The van der Waals surface area contributed by atoms with Gasteiger partial charge < -0.3 is 0 Å². The van der Waals surface area contributed by atoms with E-state index in [2.05, 4.69) is 4.72 Å². The first kappa shape index (κ1) is 15.4. The van der Waals surface area contributed by atoms with Crippen LogP contribution in [0.1, 0.15) is 25.3 Å². The van der Waals surface area contributed by atoms with Gasteiger partial charge in [0.15, 0.2) is 0 Å². The summed E-state index contributed by atoms with van der Waals surface area (Å²) in [4.78, 5) is 0.0873. The third kappa shape index (κ3) is 4.23. The lowest BCUT2D eigenvalue weighted by molar-refractivity contribution is 0.575. The van der Waals surface area contributed by atoms with Crippen LogP contribution in [0.15, 0.2) is 23.1 Å². The average Bonchev–Trinajstić information content (AvgIpc) is 2.26. The minimum Gasteiger partial charge on any atom is -0.210 e. The molecule has 18 heavy (non-hydrogen) atoms. The van der Waals surface area contributed by atoms with Crippen molar-refractivity contribution in [2.24, 2.45) is 0 Å². The van der Waals surface area contributed by atoms with Crippen LogP contribution in [0.5, 0.6) is 0 Å². The number of rotatable bonds is 6. The van der Waals surface area contributed by atoms with E-state index in [0.29, 0.717) is 5.56 Å². The molecule has 0 aliphatic rings. The second-order valence-corrected chi connectivity index (χ2v) is 6.50. The zero-order valence-electron chi connectivity index (χ0n) is 10.4. The molecule has 1 aromatic carbocycles. The molecule has 3 nitrogen and oxygen atoms in total. The maximum atomic E-state index is 12.9. The Bertz CT molecular complexity index is 505. The van der Waals surface area contributed by atoms with Crippen LogP contribution in [0, 0.1) is 12.7 Å². The molecule has 0 aliphatic carbocycles. The smallest absolute Gasteiger partial charge is 0.210 e. The van der Waals surface area contributed by atoms with Gasteiger partial charge in [-0.1, -0.05) is 13.3 Å². The van der Waals surface area contributed by atoms with Gasteiger partial charge >= 0.3 is 0 Å². The fourth-order valence-corrected chi connectivity index (χ4v) is 3.30. The summed E-state index contributed by atoms with van der Waals surface area (Å²) in [5, 5.41) is -0.231. The van der Waals surface area contributed by atoms with Crippen LogP contribution in [-0.4, -0.2) is 20.3 Å². The van der Waals surface area contributed by atoms with Gasteiger partial charge in [0.05, 0.1) is 4.90 Å². The third-order valence-corrected chi connectivity index (χ3v) is 4.48. The maximum Gasteiger partial charge on any atom is 0.240 e. The van der Waals surface area contributed by atoms with Gasteiger partial charge in [-0.2, -0.15) is 0 Å². The minimum absolute atomic E-state index is 0.0873. The Labute approximate surface area is 112 Å². The first-order valence-corrected chi connectivity index (χ1v) is 7.68. The number of hydrogen-bond donors (Lipinski definition) is 1. The van der Waals surface area contributed by atoms with Crippen LogP contribution < -0.4 is 4.72 Å². The number of alkyl halides is 1. The zero-order valence-corrected chi connectivity index (χ0v) is 12.0. The third-order valence-electron chi connectivity index (χ3n) is 2.52. The van der Waals surface area contributed by atoms with Crippen molar-refractivity contribution >= 4 is 21.6 Å². The molecule has 0 saturated heterocycles. The number of aryl methyl sites for hydroxylation is 1. The highest BCUT2D eigenvalue weighted by Crippen LogP contribution is 2.16. The summed E-state index contributed by atoms with van der Waals surface area (Å²) in [6, 6.07) is 3.58. The van der Waals surface area contributed by atoms with E-state index in [9.17, 15) is 12.8 Å². The molecule has 102 valence electrons. The Balaban J connectivity index is 2.80. The number of nitrogens with one attached hydrogen (secondary N) is 1. The molecule has 1 rings (SSSR count). The topological polar surface area (TPSA) is 46.2 Å². The summed E-state index contributed by atoms with van der Waals surface area (Å²) in [7, 11) is -3.62. The molecule has 0 aliphatic heterocycles. The Kier molecular flexibility index (Phi) is 5.56. The molecule has 6 heteroatoms. The summed E-state index contributed by atoms with van der Waals surface area (Å²) < 4.78 is 39.3. The van der Waals surface area contributed by atoms with Gasteiger partial charge in [-0.15, -0.1) is 11.6 Å². The summed E-state index contributed by atoms with van der Waals surface area (Å²) in [6.45, 7) is 3.71. The average molecular weight is 294 g/mol. The van der Waals surface area contributed by atoms with Gasteiger partial charge in [-0.05, 0) is 37.1 Å². The molecule has 0 saturated carbocycles. The van der Waals surface area contributed by atoms with Crippen molar-refractivity contribution in [1.29, 1.82) is 0 Å². The fraction of sp³-hybridized carbons (Fsp3) is 0.500. The molecular formula is C12H17ClFNO2S. The van der Waals surface area contributed by atoms with E-state index in [-0.39, 0.29) is 16.8 Å². The largest absolute Gasteiger partial charge is 0.240 e. The van der Waals surface area contributed by atoms with Crippen LogP contribution in [-0.2, 0) is 10.0 Å². The van der Waals surface area contributed by atoms with Gasteiger partial charge in [0.25, 0.3) is 0 Å². The highest BCUT2D eigenvalue weighted by Gasteiger charge is 2.18. The summed E-state index contributed by atoms with van der Waals surface area (Å²) in [5.74, 6) is -0.451. The molecule has 0 spiro atoms. The molecule has 1 unspecified atom stereocenters. The first-order chi connectivity index (χ1) is 8.36. The Morgan fingerprint density at radius 2 is 2.11 bits per heavy atom. The molecule has 1 atom stereocenters. The predicted molar refractivity (Wildman–Crippen MR) is 70.9 cm³/mol. The van der Waals surface area contributed by atoms with E-state index in [1.807, 2.05) is 6.92 Å². The van der Waals surface area contributed by atoms with E-state index >= 15 is 0 Å². The standard InChI is InChI=1S/C12H17ClFNO2S/c1-3-4-10(13)8-15-18(16,17)12-6-5-11(14)7-9(12)2/h5-7,10,15H,3-4,8H2,1-2H3. The molecule has 0 radical (unpaired) electrons. The van der Waals surface area contributed by atoms with Crippen LogP contribution in [0.4, 0.5) is 4.39 Å². The Morgan fingerprint density at radius 3 is 2.67 bits per heavy atom. The van der Waals surface area contributed by atoms with E-state index in [1.165, 1.54) is 12.1 Å². The summed E-state index contributed by atoms with van der Waals surface area (Å²) in [5.41, 5.74) is 0.379. The van der Waals surface area contributed by atoms with E-state index in [0.717, 1.165) is 18.9 Å². The lowest BCUT2D eigenvalue weighted by Gasteiger charge is -2.12. The Hall–Kier alpha value is -0.650. The van der Waals surface area contributed by atoms with Crippen molar-refractivity contribution in [3.8, 4) is 0 Å². The normalized spacial score (nSPS) is 13.6. The van der Waals surface area contributed by atoms with Gasteiger partial charge in [0, 0.05) is 11.9 Å². The van der Waals surface area contributed by atoms with E-state index in [4.69, 9.17) is 11.6 Å². The van der Waals surface area contributed by atoms with Crippen molar-refractivity contribution in [2.75, 3.05) is 6.54 Å². The van der Waals surface area contributed by atoms with Gasteiger partial charge in [-0.25, -0.2) is 17.5 Å². The number of benzene rings is 1. The summed E-state index contributed by atoms with van der Waals surface area (Å²) >= 11 is 5.95. The molecule has 0 fully saturated rings. The molecule has 1 aromatic rings. The van der Waals surface area contributed by atoms with Crippen molar-refractivity contribution in [2.45, 2.75) is 37.0 Å². The second kappa shape index (κ2) is 6.50. The van der Waals surface area contributed by atoms with Crippen LogP contribution >= 0.6 is 11.6 Å². The molecule has 0 bridgehead atoms.